The summed E-state index contributed by atoms with van der Waals surface area (Å²) in [6, 6.07) is 16.4. The van der Waals surface area contributed by atoms with Gasteiger partial charge in [-0.25, -0.2) is 0 Å². The van der Waals surface area contributed by atoms with Gasteiger partial charge in [-0.15, -0.1) is 0 Å². The summed E-state index contributed by atoms with van der Waals surface area (Å²) in [5.41, 5.74) is 2.92. The average Bonchev–Trinajstić information content (AvgIpc) is 2.81. The quantitative estimate of drug-likeness (QED) is 0.444. The van der Waals surface area contributed by atoms with Crippen LogP contribution < -0.4 is 0 Å². The van der Waals surface area contributed by atoms with E-state index in [9.17, 15) is 9.90 Å². The predicted octanol–water partition coefficient (Wildman–Crippen LogP) is 5.31. The molecule has 1 aliphatic rings. The Morgan fingerprint density at radius 3 is 2.39 bits per heavy atom. The van der Waals surface area contributed by atoms with Crippen molar-refractivity contribution in [3.05, 3.63) is 75.4 Å². The SMILES string of the molecule is CCN(CC)C(=O)c1ccc([C@H](c2cccc(O)c2)N2C[C@@H](C)N(C/C=C/I)C[C@@H]2C)cc1. The highest BCUT2D eigenvalue weighted by Crippen LogP contribution is 2.34. The Morgan fingerprint density at radius 1 is 1.09 bits per heavy atom. The van der Waals surface area contributed by atoms with Crippen LogP contribution in [0.2, 0.25) is 0 Å². The molecule has 1 amide bonds. The fraction of sp³-hybridized carbons (Fsp3) is 0.444. The number of phenolic OH excluding ortho intramolecular Hbond substituents is 1. The molecule has 0 aliphatic carbocycles. The summed E-state index contributed by atoms with van der Waals surface area (Å²) in [4.78, 5) is 19.7. The molecule has 0 spiro atoms. The number of phenols is 1. The molecule has 1 heterocycles. The van der Waals surface area contributed by atoms with Gasteiger partial charge in [-0.2, -0.15) is 0 Å². The second-order valence-electron chi connectivity index (χ2n) is 8.81. The van der Waals surface area contributed by atoms with Crippen molar-refractivity contribution in [1.29, 1.82) is 0 Å². The third-order valence-electron chi connectivity index (χ3n) is 6.63. The zero-order valence-electron chi connectivity index (χ0n) is 20.1. The Morgan fingerprint density at radius 2 is 1.79 bits per heavy atom. The first-order chi connectivity index (χ1) is 15.9. The normalized spacial score (nSPS) is 20.8. The van der Waals surface area contributed by atoms with Crippen LogP contribution in [0.25, 0.3) is 0 Å². The number of piperazine rings is 1. The molecule has 0 radical (unpaired) electrons. The Balaban J connectivity index is 1.94. The number of carbonyl (C=O) groups excluding carboxylic acids is 1. The van der Waals surface area contributed by atoms with Gasteiger partial charge in [0.15, 0.2) is 0 Å². The van der Waals surface area contributed by atoms with Crippen LogP contribution in [0, 0.1) is 0 Å². The molecule has 3 atom stereocenters. The maximum atomic E-state index is 12.8. The summed E-state index contributed by atoms with van der Waals surface area (Å²) in [7, 11) is 0. The van der Waals surface area contributed by atoms with Gasteiger partial charge in [0, 0.05) is 50.4 Å². The number of hydrogen-bond donors (Lipinski definition) is 1. The largest absolute Gasteiger partial charge is 0.508 e. The van der Waals surface area contributed by atoms with E-state index < -0.39 is 0 Å². The summed E-state index contributed by atoms with van der Waals surface area (Å²) in [5.74, 6) is 0.344. The van der Waals surface area contributed by atoms with Gasteiger partial charge in [-0.3, -0.25) is 14.6 Å². The second kappa shape index (κ2) is 12.0. The summed E-state index contributed by atoms with van der Waals surface area (Å²) in [6.07, 6.45) is 2.21. The lowest BCUT2D eigenvalue weighted by Gasteiger charge is -2.47. The molecule has 2 aromatic rings. The highest BCUT2D eigenvalue weighted by molar-refractivity contribution is 14.1. The van der Waals surface area contributed by atoms with Gasteiger partial charge in [0.05, 0.1) is 6.04 Å². The Labute approximate surface area is 212 Å². The monoisotopic (exact) mass is 561 g/mol. The molecule has 5 nitrogen and oxygen atoms in total. The smallest absolute Gasteiger partial charge is 0.253 e. The van der Waals surface area contributed by atoms with Gasteiger partial charge in [0.2, 0.25) is 0 Å². The number of hydrogen-bond acceptors (Lipinski definition) is 4. The molecule has 178 valence electrons. The van der Waals surface area contributed by atoms with Crippen molar-refractivity contribution in [2.75, 3.05) is 32.7 Å². The topological polar surface area (TPSA) is 47.0 Å². The lowest BCUT2D eigenvalue weighted by atomic mass is 9.92. The molecule has 33 heavy (non-hydrogen) atoms. The van der Waals surface area contributed by atoms with Crippen LogP contribution in [0.3, 0.4) is 0 Å². The minimum atomic E-state index is 0.00872. The van der Waals surface area contributed by atoms with Crippen molar-refractivity contribution >= 4 is 28.5 Å². The summed E-state index contributed by atoms with van der Waals surface area (Å²) in [5, 5.41) is 10.2. The summed E-state index contributed by atoms with van der Waals surface area (Å²) < 4.78 is 2.08. The number of aromatic hydroxyl groups is 1. The van der Waals surface area contributed by atoms with Gasteiger partial charge in [0.1, 0.15) is 5.75 Å². The average molecular weight is 562 g/mol. The van der Waals surface area contributed by atoms with E-state index >= 15 is 0 Å². The summed E-state index contributed by atoms with van der Waals surface area (Å²) in [6.45, 7) is 12.8. The van der Waals surface area contributed by atoms with Crippen molar-refractivity contribution in [2.24, 2.45) is 0 Å². The zero-order valence-corrected chi connectivity index (χ0v) is 22.3. The molecule has 1 aliphatic heterocycles. The van der Waals surface area contributed by atoms with E-state index in [1.807, 2.05) is 43.0 Å². The molecular weight excluding hydrogens is 525 g/mol. The minimum Gasteiger partial charge on any atom is -0.508 e. The highest BCUT2D eigenvalue weighted by atomic mass is 127. The first-order valence-electron chi connectivity index (χ1n) is 11.8. The van der Waals surface area contributed by atoms with Crippen LogP contribution in [-0.2, 0) is 0 Å². The molecular formula is C27H36IN3O2. The third kappa shape index (κ3) is 6.16. The van der Waals surface area contributed by atoms with Crippen molar-refractivity contribution in [3.8, 4) is 5.75 Å². The fourth-order valence-corrected chi connectivity index (χ4v) is 5.01. The third-order valence-corrected chi connectivity index (χ3v) is 7.14. The number of carbonyl (C=O) groups is 1. The van der Waals surface area contributed by atoms with Gasteiger partial charge in [0.25, 0.3) is 5.91 Å². The zero-order chi connectivity index (χ0) is 24.0. The number of halogens is 1. The molecule has 6 heteroatoms. The van der Waals surface area contributed by atoms with E-state index in [1.54, 1.807) is 6.07 Å². The van der Waals surface area contributed by atoms with Crippen LogP contribution in [0.15, 0.2) is 58.7 Å². The summed E-state index contributed by atoms with van der Waals surface area (Å²) >= 11 is 2.28. The number of rotatable bonds is 8. The van der Waals surface area contributed by atoms with Crippen LogP contribution >= 0.6 is 22.6 Å². The van der Waals surface area contributed by atoms with Crippen molar-refractivity contribution in [3.63, 3.8) is 0 Å². The van der Waals surface area contributed by atoms with Crippen molar-refractivity contribution < 1.29 is 9.90 Å². The van der Waals surface area contributed by atoms with E-state index in [-0.39, 0.29) is 17.7 Å². The lowest BCUT2D eigenvalue weighted by molar-refractivity contribution is 0.0306. The first kappa shape index (κ1) is 25.7. The van der Waals surface area contributed by atoms with Gasteiger partial charge < -0.3 is 10.0 Å². The molecule has 1 saturated heterocycles. The number of amides is 1. The van der Waals surface area contributed by atoms with E-state index in [4.69, 9.17) is 0 Å². The second-order valence-corrected chi connectivity index (χ2v) is 9.53. The molecule has 3 rings (SSSR count). The molecule has 0 bridgehead atoms. The Hall–Kier alpha value is -1.90. The lowest BCUT2D eigenvalue weighted by Crippen LogP contribution is -2.57. The molecule has 1 N–H and O–H groups in total. The Kier molecular flexibility index (Phi) is 9.35. The van der Waals surface area contributed by atoms with Crippen LogP contribution in [0.1, 0.15) is 55.2 Å². The molecule has 1 fully saturated rings. The molecule has 2 aromatic carbocycles. The van der Waals surface area contributed by atoms with E-state index in [0.29, 0.717) is 30.7 Å². The standard InChI is InChI=1S/C27H36IN3O2/c1-5-29(6-2)27(33)23-13-11-22(12-14-23)26(24-9-7-10-25(32)17-24)31-19-20(3)30(16-8-15-28)18-21(31)4/h7-15,17,20-21,26,32H,5-6,16,18-19H2,1-4H3/b15-8+/t20-,21+,26-/m1/s1. The van der Waals surface area contributed by atoms with Crippen LogP contribution in [-0.4, -0.2) is 70.5 Å². The molecule has 0 saturated carbocycles. The van der Waals surface area contributed by atoms with E-state index in [0.717, 1.165) is 30.8 Å². The maximum Gasteiger partial charge on any atom is 0.253 e. The van der Waals surface area contributed by atoms with Gasteiger partial charge in [-0.1, -0.05) is 52.9 Å². The van der Waals surface area contributed by atoms with Crippen LogP contribution in [0.4, 0.5) is 0 Å². The van der Waals surface area contributed by atoms with Crippen LogP contribution in [0.5, 0.6) is 5.75 Å². The highest BCUT2D eigenvalue weighted by Gasteiger charge is 2.34. The maximum absolute atomic E-state index is 12.8. The van der Waals surface area contributed by atoms with Crippen molar-refractivity contribution in [2.45, 2.75) is 45.8 Å². The predicted molar refractivity (Wildman–Crippen MR) is 144 cm³/mol. The van der Waals surface area contributed by atoms with Gasteiger partial charge in [-0.05, 0) is 67.2 Å². The van der Waals surface area contributed by atoms with E-state index in [1.165, 1.54) is 0 Å². The molecule has 0 aromatic heterocycles. The van der Waals surface area contributed by atoms with Gasteiger partial charge >= 0.3 is 0 Å². The minimum absolute atomic E-state index is 0.00872. The molecule has 0 unspecified atom stereocenters. The van der Waals surface area contributed by atoms with E-state index in [2.05, 4.69) is 74.6 Å². The first-order valence-corrected chi connectivity index (χ1v) is 13.1. The Bertz CT molecular complexity index is 943. The fourth-order valence-electron chi connectivity index (χ4n) is 4.79. The number of nitrogens with zero attached hydrogens (tertiary/aromatic N) is 3. The van der Waals surface area contributed by atoms with Crippen molar-refractivity contribution in [1.82, 2.24) is 14.7 Å². The number of benzene rings is 2.